The van der Waals surface area contributed by atoms with Crippen molar-refractivity contribution in [2.45, 2.75) is 31.8 Å². The van der Waals surface area contributed by atoms with Crippen LogP contribution in [0.4, 0.5) is 0 Å². The van der Waals surface area contributed by atoms with Gasteiger partial charge in [0, 0.05) is 12.5 Å². The predicted octanol–water partition coefficient (Wildman–Crippen LogP) is 3.38. The first-order valence-corrected chi connectivity index (χ1v) is 8.24. The number of rotatable bonds is 5. The lowest BCUT2D eigenvalue weighted by Crippen LogP contribution is -2.21. The van der Waals surface area contributed by atoms with Crippen LogP contribution >= 0.6 is 22.6 Å². The van der Waals surface area contributed by atoms with Gasteiger partial charge in [-0.25, -0.2) is 4.98 Å². The number of hydrogen-bond donors (Lipinski definition) is 1. The van der Waals surface area contributed by atoms with Gasteiger partial charge >= 0.3 is 0 Å². The second-order valence-corrected chi connectivity index (χ2v) is 6.25. The van der Waals surface area contributed by atoms with E-state index in [9.17, 15) is 4.79 Å². The minimum absolute atomic E-state index is 0.0665. The van der Waals surface area contributed by atoms with Gasteiger partial charge in [-0.05, 0) is 47.9 Å². The number of ether oxygens (including phenoxy) is 1. The number of halogens is 1. The Morgan fingerprint density at radius 2 is 2.10 bits per heavy atom. The molecule has 1 aromatic heterocycles. The van der Waals surface area contributed by atoms with Gasteiger partial charge in [0.2, 0.25) is 0 Å². The van der Waals surface area contributed by atoms with Gasteiger partial charge in [0.1, 0.15) is 11.9 Å². The lowest BCUT2D eigenvalue weighted by molar-refractivity contribution is 0.0847. The average molecular weight is 396 g/mol. The van der Waals surface area contributed by atoms with Crippen molar-refractivity contribution in [3.63, 3.8) is 0 Å². The van der Waals surface area contributed by atoms with E-state index in [1.165, 1.54) is 0 Å². The Bertz CT molecular complexity index is 680. The summed E-state index contributed by atoms with van der Waals surface area (Å²) in [6, 6.07) is 9.89. The molecule has 21 heavy (non-hydrogen) atoms. The van der Waals surface area contributed by atoms with Gasteiger partial charge in [-0.2, -0.15) is 0 Å². The molecule has 1 aliphatic rings. The van der Waals surface area contributed by atoms with E-state index < -0.39 is 0 Å². The normalized spacial score (nSPS) is 15.9. The van der Waals surface area contributed by atoms with Gasteiger partial charge in [-0.15, -0.1) is 0 Å². The molecule has 2 aromatic rings. The molecule has 0 bridgehead atoms. The molecular weight excluding hydrogens is 379 g/mol. The minimum Gasteiger partial charge on any atom is -0.366 e. The molecule has 0 amide bonds. The summed E-state index contributed by atoms with van der Waals surface area (Å²) in [5.74, 6) is 1.05. The number of H-pyrrole nitrogens is 1. The summed E-state index contributed by atoms with van der Waals surface area (Å²) in [6.07, 6.45) is 1.92. The highest BCUT2D eigenvalue weighted by Gasteiger charge is 2.30. The molecule has 1 fully saturated rings. The number of hydrogen-bond acceptors (Lipinski definition) is 3. The van der Waals surface area contributed by atoms with E-state index in [1.54, 1.807) is 0 Å². The number of aromatic amines is 1. The van der Waals surface area contributed by atoms with Crippen molar-refractivity contribution in [2.24, 2.45) is 0 Å². The molecule has 110 valence electrons. The van der Waals surface area contributed by atoms with Crippen LogP contribution in [-0.4, -0.2) is 16.6 Å². The van der Waals surface area contributed by atoms with E-state index >= 15 is 0 Å². The summed E-state index contributed by atoms with van der Waals surface area (Å²) < 4.78 is 6.54. The number of nitrogens with one attached hydrogen (secondary N) is 1. The van der Waals surface area contributed by atoms with Crippen LogP contribution in [0.1, 0.15) is 48.9 Å². The van der Waals surface area contributed by atoms with Gasteiger partial charge < -0.3 is 9.72 Å². The third-order valence-electron chi connectivity index (χ3n) is 3.55. The zero-order valence-electron chi connectivity index (χ0n) is 11.8. The molecule has 5 heteroatoms. The van der Waals surface area contributed by atoms with Gasteiger partial charge in [0.25, 0.3) is 5.56 Å². The molecule has 0 aliphatic heterocycles. The van der Waals surface area contributed by atoms with Crippen molar-refractivity contribution in [3.8, 4) is 0 Å². The standard InChI is InChI=1S/C16H17IN2O2/c1-2-21-14(11-6-4-3-5-7-11)15-18-13(10-8-9-10)12(17)16(20)19-15/h3-7,10,14H,2,8-9H2,1H3,(H,18,19,20). The first-order chi connectivity index (χ1) is 10.2. The molecule has 1 saturated carbocycles. The molecule has 1 atom stereocenters. The van der Waals surface area contributed by atoms with Gasteiger partial charge in [0.15, 0.2) is 0 Å². The Balaban J connectivity index is 2.05. The lowest BCUT2D eigenvalue weighted by Gasteiger charge is -2.17. The van der Waals surface area contributed by atoms with Crippen LogP contribution < -0.4 is 5.56 Å². The van der Waals surface area contributed by atoms with Crippen molar-refractivity contribution in [1.29, 1.82) is 0 Å². The van der Waals surface area contributed by atoms with E-state index in [0.717, 1.165) is 24.1 Å². The van der Waals surface area contributed by atoms with Crippen LogP contribution in [0.15, 0.2) is 35.1 Å². The third-order valence-corrected chi connectivity index (χ3v) is 4.60. The maximum atomic E-state index is 12.2. The SMILES string of the molecule is CCOC(c1ccccc1)c1nc(C2CC2)c(I)c(=O)[nH]1. The second-order valence-electron chi connectivity index (χ2n) is 5.17. The zero-order chi connectivity index (χ0) is 14.8. The third kappa shape index (κ3) is 3.18. The van der Waals surface area contributed by atoms with Gasteiger partial charge in [-0.1, -0.05) is 30.3 Å². The van der Waals surface area contributed by atoms with Crippen molar-refractivity contribution in [2.75, 3.05) is 6.61 Å². The monoisotopic (exact) mass is 396 g/mol. The summed E-state index contributed by atoms with van der Waals surface area (Å²) >= 11 is 2.09. The molecule has 0 radical (unpaired) electrons. The van der Waals surface area contributed by atoms with Crippen LogP contribution in [0.3, 0.4) is 0 Å². The molecular formula is C16H17IN2O2. The fraction of sp³-hybridized carbons (Fsp3) is 0.375. The second kappa shape index (κ2) is 6.27. The number of nitrogens with zero attached hydrogens (tertiary/aromatic N) is 1. The summed E-state index contributed by atoms with van der Waals surface area (Å²) in [4.78, 5) is 19.8. The van der Waals surface area contributed by atoms with Gasteiger partial charge in [0.05, 0.1) is 9.26 Å². The first-order valence-electron chi connectivity index (χ1n) is 7.17. The number of aromatic nitrogens is 2. The Morgan fingerprint density at radius 1 is 1.38 bits per heavy atom. The Morgan fingerprint density at radius 3 is 2.71 bits per heavy atom. The number of benzene rings is 1. The van der Waals surface area contributed by atoms with Crippen LogP contribution in [-0.2, 0) is 4.74 Å². The molecule has 0 spiro atoms. The molecule has 0 saturated heterocycles. The summed E-state index contributed by atoms with van der Waals surface area (Å²) in [7, 11) is 0. The van der Waals surface area contributed by atoms with E-state index in [4.69, 9.17) is 9.72 Å². The maximum absolute atomic E-state index is 12.2. The predicted molar refractivity (Wildman–Crippen MR) is 89.5 cm³/mol. The molecule has 1 aliphatic carbocycles. The quantitative estimate of drug-likeness (QED) is 0.789. The first kappa shape index (κ1) is 14.7. The molecule has 1 aromatic carbocycles. The molecule has 4 nitrogen and oxygen atoms in total. The summed E-state index contributed by atoms with van der Waals surface area (Å²) in [5.41, 5.74) is 1.86. The van der Waals surface area contributed by atoms with Crippen LogP contribution in [0.5, 0.6) is 0 Å². The van der Waals surface area contributed by atoms with Crippen molar-refractivity contribution in [3.05, 3.63) is 61.3 Å². The van der Waals surface area contributed by atoms with Gasteiger partial charge in [-0.3, -0.25) is 4.79 Å². The highest BCUT2D eigenvalue weighted by molar-refractivity contribution is 14.1. The minimum atomic E-state index is -0.321. The van der Waals surface area contributed by atoms with Crippen molar-refractivity contribution >= 4 is 22.6 Å². The molecule has 3 rings (SSSR count). The zero-order valence-corrected chi connectivity index (χ0v) is 14.0. The lowest BCUT2D eigenvalue weighted by atomic mass is 10.1. The van der Waals surface area contributed by atoms with E-state index in [2.05, 4.69) is 27.6 Å². The molecule has 1 heterocycles. The highest BCUT2D eigenvalue weighted by Crippen LogP contribution is 2.40. The smallest absolute Gasteiger partial charge is 0.264 e. The van der Waals surface area contributed by atoms with Crippen molar-refractivity contribution in [1.82, 2.24) is 9.97 Å². The maximum Gasteiger partial charge on any atom is 0.264 e. The van der Waals surface area contributed by atoms with E-state index in [-0.39, 0.29) is 11.7 Å². The average Bonchev–Trinajstić information content (AvgIpc) is 3.33. The Kier molecular flexibility index (Phi) is 4.40. The fourth-order valence-corrected chi connectivity index (χ4v) is 3.07. The van der Waals surface area contributed by atoms with Crippen molar-refractivity contribution < 1.29 is 4.74 Å². The fourth-order valence-electron chi connectivity index (χ4n) is 2.37. The van der Waals surface area contributed by atoms with Crippen LogP contribution in [0, 0.1) is 3.57 Å². The van der Waals surface area contributed by atoms with Crippen LogP contribution in [0.2, 0.25) is 0 Å². The van der Waals surface area contributed by atoms with Crippen LogP contribution in [0.25, 0.3) is 0 Å². The molecule has 1 N–H and O–H groups in total. The Labute approximate surface area is 137 Å². The summed E-state index contributed by atoms with van der Waals surface area (Å²) in [5, 5.41) is 0. The highest BCUT2D eigenvalue weighted by atomic mass is 127. The van der Waals surface area contributed by atoms with E-state index in [0.29, 0.717) is 21.9 Å². The summed E-state index contributed by atoms with van der Waals surface area (Å²) in [6.45, 7) is 2.51. The van der Waals surface area contributed by atoms with E-state index in [1.807, 2.05) is 37.3 Å². The Hall–Kier alpha value is -1.21. The topological polar surface area (TPSA) is 55.0 Å². The largest absolute Gasteiger partial charge is 0.366 e. The molecule has 1 unspecified atom stereocenters.